The second-order valence-corrected chi connectivity index (χ2v) is 11.3. The molecule has 0 N–H and O–H groups in total. The van der Waals surface area contributed by atoms with Crippen LogP contribution >= 0.6 is 0 Å². The van der Waals surface area contributed by atoms with Gasteiger partial charge in [0.25, 0.3) is 0 Å². The molecule has 0 saturated carbocycles. The van der Waals surface area contributed by atoms with Gasteiger partial charge >= 0.3 is 0 Å². The van der Waals surface area contributed by atoms with E-state index in [-0.39, 0.29) is 0 Å². The van der Waals surface area contributed by atoms with Crippen LogP contribution in [0.15, 0.2) is 188 Å². The summed E-state index contributed by atoms with van der Waals surface area (Å²) in [7, 11) is 0. The van der Waals surface area contributed by atoms with Crippen molar-refractivity contribution in [3.63, 3.8) is 0 Å². The van der Waals surface area contributed by atoms with Crippen LogP contribution in [0.4, 0.5) is 17.1 Å². The molecule has 1 aliphatic heterocycles. The number of hydrogen-bond donors (Lipinski definition) is 0. The lowest BCUT2D eigenvalue weighted by Gasteiger charge is -2.41. The zero-order valence-corrected chi connectivity index (χ0v) is 24.8. The van der Waals surface area contributed by atoms with Crippen molar-refractivity contribution >= 4 is 17.1 Å². The molecule has 45 heavy (non-hydrogen) atoms. The average Bonchev–Trinajstić information content (AvgIpc) is 3.13. The van der Waals surface area contributed by atoms with Gasteiger partial charge in [-0.25, -0.2) is 0 Å². The maximum atomic E-state index is 7.35. The minimum Gasteiger partial charge on any atom is -0.472 e. The molecule has 2 heteroatoms. The fourth-order valence-corrected chi connectivity index (χ4v) is 6.62. The minimum absolute atomic E-state index is 0.810. The fourth-order valence-electron chi connectivity index (χ4n) is 6.62. The number of anilines is 3. The molecule has 0 fully saturated rings. The van der Waals surface area contributed by atoms with Gasteiger partial charge in [0.05, 0.1) is 0 Å². The number of fused-ring (bicyclic) bond motifs is 3. The van der Waals surface area contributed by atoms with Crippen molar-refractivity contribution in [2.45, 2.75) is 5.60 Å². The first-order valence-electron chi connectivity index (χ1n) is 15.4. The van der Waals surface area contributed by atoms with Crippen molar-refractivity contribution < 1.29 is 4.74 Å². The molecular weight excluding hydrogens is 546 g/mol. The maximum Gasteiger partial charge on any atom is 0.185 e. The molecule has 214 valence electrons. The Kier molecular flexibility index (Phi) is 6.73. The molecule has 0 aromatic heterocycles. The highest BCUT2D eigenvalue weighted by atomic mass is 16.5. The van der Waals surface area contributed by atoms with Gasteiger partial charge in [-0.3, -0.25) is 0 Å². The summed E-state index contributed by atoms with van der Waals surface area (Å²) in [4.78, 5) is 2.31. The van der Waals surface area contributed by atoms with Crippen molar-refractivity contribution in [2.75, 3.05) is 4.90 Å². The Balaban J connectivity index is 1.33. The minimum atomic E-state index is -0.810. The molecule has 0 radical (unpaired) electrons. The smallest absolute Gasteiger partial charge is 0.185 e. The normalized spacial score (nSPS) is 12.8. The number of benzene rings is 7. The van der Waals surface area contributed by atoms with Crippen LogP contribution in [0, 0.1) is 0 Å². The second-order valence-electron chi connectivity index (χ2n) is 11.3. The first-order chi connectivity index (χ1) is 22.3. The average molecular weight is 578 g/mol. The van der Waals surface area contributed by atoms with E-state index >= 15 is 0 Å². The van der Waals surface area contributed by atoms with E-state index in [0.717, 1.165) is 45.1 Å². The van der Waals surface area contributed by atoms with E-state index in [2.05, 4.69) is 193 Å². The number of nitrogens with zero attached hydrogens (tertiary/aromatic N) is 1. The van der Waals surface area contributed by atoms with Crippen LogP contribution in [0.25, 0.3) is 22.3 Å². The molecule has 1 heterocycles. The van der Waals surface area contributed by atoms with E-state index in [1.165, 1.54) is 16.7 Å². The summed E-state index contributed by atoms with van der Waals surface area (Å²) in [5, 5.41) is 0. The van der Waals surface area contributed by atoms with Gasteiger partial charge in [-0.2, -0.15) is 0 Å². The van der Waals surface area contributed by atoms with Gasteiger partial charge in [0.1, 0.15) is 5.75 Å². The van der Waals surface area contributed by atoms with Gasteiger partial charge in [-0.15, -0.1) is 0 Å². The van der Waals surface area contributed by atoms with Crippen molar-refractivity contribution in [3.05, 3.63) is 205 Å². The molecular formula is C43H31NO. The lowest BCUT2D eigenvalue weighted by molar-refractivity contribution is 0.152. The Hall–Kier alpha value is -5.86. The van der Waals surface area contributed by atoms with E-state index < -0.39 is 5.60 Å². The molecule has 0 bridgehead atoms. The third-order valence-corrected chi connectivity index (χ3v) is 8.67. The van der Waals surface area contributed by atoms with Gasteiger partial charge in [0.2, 0.25) is 0 Å². The van der Waals surface area contributed by atoms with Crippen LogP contribution < -0.4 is 9.64 Å². The van der Waals surface area contributed by atoms with Gasteiger partial charge in [-0.05, 0) is 53.1 Å². The largest absolute Gasteiger partial charge is 0.472 e. The van der Waals surface area contributed by atoms with Gasteiger partial charge in [-0.1, -0.05) is 146 Å². The van der Waals surface area contributed by atoms with Gasteiger partial charge in [0.15, 0.2) is 5.60 Å². The van der Waals surface area contributed by atoms with Crippen molar-refractivity contribution in [1.29, 1.82) is 0 Å². The fraction of sp³-hybridized carbons (Fsp3) is 0.0233. The van der Waals surface area contributed by atoms with Crippen LogP contribution in [0.2, 0.25) is 0 Å². The summed E-state index contributed by atoms with van der Waals surface area (Å²) in [5.74, 6) is 0.846. The molecule has 0 amide bonds. The molecule has 0 spiro atoms. The Labute approximate surface area is 264 Å². The van der Waals surface area contributed by atoms with Crippen molar-refractivity contribution in [1.82, 2.24) is 0 Å². The first kappa shape index (κ1) is 26.7. The highest BCUT2D eigenvalue weighted by Crippen LogP contribution is 2.53. The lowest BCUT2D eigenvalue weighted by atomic mass is 9.75. The van der Waals surface area contributed by atoms with E-state index in [9.17, 15) is 0 Å². The summed E-state index contributed by atoms with van der Waals surface area (Å²) < 4.78 is 7.35. The molecule has 0 atom stereocenters. The van der Waals surface area contributed by atoms with Crippen LogP contribution in [0.1, 0.15) is 16.7 Å². The number of hydrogen-bond acceptors (Lipinski definition) is 2. The summed E-state index contributed by atoms with van der Waals surface area (Å²) in [6.45, 7) is 0. The molecule has 7 aromatic rings. The number of rotatable bonds is 6. The predicted molar refractivity (Wildman–Crippen MR) is 185 cm³/mol. The van der Waals surface area contributed by atoms with Crippen LogP contribution in [0.3, 0.4) is 0 Å². The zero-order chi connectivity index (χ0) is 30.1. The quantitative estimate of drug-likeness (QED) is 0.195. The summed E-state index contributed by atoms with van der Waals surface area (Å²) in [6, 6.07) is 66.3. The Morgan fingerprint density at radius 3 is 1.60 bits per heavy atom. The third kappa shape index (κ3) is 4.68. The van der Waals surface area contributed by atoms with Crippen LogP contribution in [0.5, 0.6) is 5.75 Å². The van der Waals surface area contributed by atoms with Crippen molar-refractivity contribution in [3.8, 4) is 28.0 Å². The van der Waals surface area contributed by atoms with Gasteiger partial charge in [0, 0.05) is 45.4 Å². The first-order valence-corrected chi connectivity index (χ1v) is 15.4. The topological polar surface area (TPSA) is 12.5 Å². The molecule has 0 saturated heterocycles. The monoisotopic (exact) mass is 577 g/mol. The van der Waals surface area contributed by atoms with Crippen LogP contribution in [-0.4, -0.2) is 0 Å². The van der Waals surface area contributed by atoms with E-state index in [1.807, 2.05) is 0 Å². The standard InChI is InChI=1S/C43H31NO/c1-5-16-32(17-6-1)33-18-15-25-37(30-33)44(36-23-11-4-12-24-36)38-28-29-40-39-26-13-14-27-41(39)43(45-42(40)31-38,34-19-7-2-8-20-34)35-21-9-3-10-22-35/h1-31H. The SMILES string of the molecule is c1ccc(-c2cccc(N(c3ccccc3)c3ccc4c(c3)OC(c3ccccc3)(c3ccccc3)c3ccccc3-4)c2)cc1. The van der Waals surface area contributed by atoms with E-state index in [1.54, 1.807) is 0 Å². The third-order valence-electron chi connectivity index (χ3n) is 8.67. The Bertz CT molecular complexity index is 2030. The van der Waals surface area contributed by atoms with Crippen molar-refractivity contribution in [2.24, 2.45) is 0 Å². The Morgan fingerprint density at radius 2 is 0.911 bits per heavy atom. The number of ether oxygens (including phenoxy) is 1. The predicted octanol–water partition coefficient (Wildman–Crippen LogP) is 11.2. The molecule has 0 aliphatic carbocycles. The van der Waals surface area contributed by atoms with E-state index in [4.69, 9.17) is 4.74 Å². The molecule has 8 rings (SSSR count). The van der Waals surface area contributed by atoms with Gasteiger partial charge < -0.3 is 9.64 Å². The summed E-state index contributed by atoms with van der Waals surface area (Å²) in [5.41, 5.74) is 10.3. The molecule has 1 aliphatic rings. The molecule has 2 nitrogen and oxygen atoms in total. The van der Waals surface area contributed by atoms with Crippen LogP contribution in [-0.2, 0) is 5.60 Å². The van der Waals surface area contributed by atoms with E-state index in [0.29, 0.717) is 0 Å². The molecule has 0 unspecified atom stereocenters. The maximum absolute atomic E-state index is 7.35. The Morgan fingerprint density at radius 1 is 0.378 bits per heavy atom. The summed E-state index contributed by atoms with van der Waals surface area (Å²) in [6.07, 6.45) is 0. The highest BCUT2D eigenvalue weighted by Gasteiger charge is 2.44. The summed E-state index contributed by atoms with van der Waals surface area (Å²) >= 11 is 0. The second kappa shape index (κ2) is 11.3. The highest BCUT2D eigenvalue weighted by molar-refractivity contribution is 5.85. The lowest BCUT2D eigenvalue weighted by Crippen LogP contribution is -2.38. The molecule has 7 aromatic carbocycles. The number of para-hydroxylation sites is 1. The zero-order valence-electron chi connectivity index (χ0n) is 24.8.